The van der Waals surface area contributed by atoms with Crippen LogP contribution in [0, 0.1) is 6.92 Å². The van der Waals surface area contributed by atoms with Gasteiger partial charge in [0.05, 0.1) is 23.3 Å². The summed E-state index contributed by atoms with van der Waals surface area (Å²) in [7, 11) is 0. The number of aromatic nitrogens is 4. The van der Waals surface area contributed by atoms with Crippen LogP contribution in [0.5, 0.6) is 0 Å². The van der Waals surface area contributed by atoms with Gasteiger partial charge in [-0.2, -0.15) is 0 Å². The second-order valence-electron chi connectivity index (χ2n) is 5.12. The van der Waals surface area contributed by atoms with Crippen molar-refractivity contribution in [1.82, 2.24) is 19.7 Å². The highest BCUT2D eigenvalue weighted by Crippen LogP contribution is 2.27. The van der Waals surface area contributed by atoms with Gasteiger partial charge in [0.2, 0.25) is 5.91 Å². The van der Waals surface area contributed by atoms with Crippen LogP contribution in [0.2, 0.25) is 5.15 Å². The quantitative estimate of drug-likeness (QED) is 0.521. The monoisotopic (exact) mass is 377 g/mol. The number of nitrogens with zero attached hydrogens (tertiary/aromatic N) is 4. The second kappa shape index (κ2) is 7.71. The number of amides is 1. The Hall–Kier alpha value is -2.32. The van der Waals surface area contributed by atoms with Gasteiger partial charge in [0.15, 0.2) is 16.1 Å². The first kappa shape index (κ1) is 17.5. The molecule has 3 heterocycles. The smallest absolute Gasteiger partial charge is 0.234 e. The fraction of sp³-hybridized carbons (Fsp3) is 0.250. The lowest BCUT2D eigenvalue weighted by Gasteiger charge is -2.08. The van der Waals surface area contributed by atoms with Crippen molar-refractivity contribution >= 4 is 35.0 Å². The Kier molecular flexibility index (Phi) is 5.40. The van der Waals surface area contributed by atoms with Crippen molar-refractivity contribution < 1.29 is 9.21 Å². The zero-order valence-corrected chi connectivity index (χ0v) is 15.3. The van der Waals surface area contributed by atoms with E-state index >= 15 is 0 Å². The van der Waals surface area contributed by atoms with Gasteiger partial charge in [0.1, 0.15) is 5.76 Å². The summed E-state index contributed by atoms with van der Waals surface area (Å²) in [6.45, 7) is 4.56. The summed E-state index contributed by atoms with van der Waals surface area (Å²) < 4.78 is 7.28. The first-order valence-electron chi connectivity index (χ1n) is 7.61. The summed E-state index contributed by atoms with van der Waals surface area (Å²) in [5.41, 5.74) is 1.38. The number of hydrogen-bond donors (Lipinski definition) is 1. The topological polar surface area (TPSA) is 85.8 Å². The summed E-state index contributed by atoms with van der Waals surface area (Å²) in [6, 6.07) is 5.27. The number of hydrogen-bond acceptors (Lipinski definition) is 6. The number of carbonyl (C=O) groups excluding carboxylic acids is 1. The number of anilines is 1. The van der Waals surface area contributed by atoms with Gasteiger partial charge < -0.3 is 14.3 Å². The Morgan fingerprint density at radius 2 is 2.24 bits per heavy atom. The van der Waals surface area contributed by atoms with Crippen LogP contribution in [0.4, 0.5) is 5.69 Å². The van der Waals surface area contributed by atoms with E-state index in [4.69, 9.17) is 16.0 Å². The van der Waals surface area contributed by atoms with Crippen LogP contribution in [0.3, 0.4) is 0 Å². The Labute approximate surface area is 153 Å². The van der Waals surface area contributed by atoms with E-state index in [1.54, 1.807) is 24.6 Å². The average Bonchev–Trinajstić information content (AvgIpc) is 3.20. The molecule has 0 aromatic carbocycles. The molecule has 0 aliphatic heterocycles. The number of nitrogens with one attached hydrogen (secondary N) is 1. The van der Waals surface area contributed by atoms with E-state index in [9.17, 15) is 4.79 Å². The molecule has 0 aliphatic carbocycles. The molecule has 0 fully saturated rings. The highest BCUT2D eigenvalue weighted by molar-refractivity contribution is 7.99. The minimum atomic E-state index is -0.188. The Morgan fingerprint density at radius 3 is 2.92 bits per heavy atom. The fourth-order valence-electron chi connectivity index (χ4n) is 2.29. The van der Waals surface area contributed by atoms with Crippen molar-refractivity contribution in [1.29, 1.82) is 0 Å². The van der Waals surface area contributed by atoms with E-state index in [1.807, 2.05) is 24.5 Å². The third-order valence-corrected chi connectivity index (χ3v) is 4.77. The molecule has 7 nitrogen and oxygen atoms in total. The number of pyridine rings is 1. The molecule has 0 saturated carbocycles. The van der Waals surface area contributed by atoms with Gasteiger partial charge in [-0.25, -0.2) is 4.98 Å². The van der Waals surface area contributed by atoms with Crippen LogP contribution in [-0.4, -0.2) is 31.4 Å². The highest BCUT2D eigenvalue weighted by Gasteiger charge is 2.17. The predicted octanol–water partition coefficient (Wildman–Crippen LogP) is 3.65. The molecule has 3 aromatic rings. The number of furan rings is 1. The molecule has 1 amide bonds. The second-order valence-corrected chi connectivity index (χ2v) is 6.42. The lowest BCUT2D eigenvalue weighted by atomic mass is 10.2. The third kappa shape index (κ3) is 3.85. The maximum absolute atomic E-state index is 12.1. The van der Waals surface area contributed by atoms with Gasteiger partial charge >= 0.3 is 0 Å². The molecule has 25 heavy (non-hydrogen) atoms. The Bertz CT molecular complexity index is 892. The molecule has 0 radical (unpaired) electrons. The van der Waals surface area contributed by atoms with Crippen LogP contribution < -0.4 is 5.32 Å². The van der Waals surface area contributed by atoms with Crippen LogP contribution >= 0.6 is 23.4 Å². The molecule has 0 atom stereocenters. The van der Waals surface area contributed by atoms with Crippen LogP contribution in [0.25, 0.3) is 11.4 Å². The number of rotatable bonds is 6. The molecular formula is C16H16ClN5O2S. The minimum Gasteiger partial charge on any atom is -0.469 e. The van der Waals surface area contributed by atoms with Gasteiger partial charge in [-0.15, -0.1) is 10.2 Å². The lowest BCUT2D eigenvalue weighted by molar-refractivity contribution is -0.113. The summed E-state index contributed by atoms with van der Waals surface area (Å²) in [4.78, 5) is 16.1. The standard InChI is InChI=1S/C16H16ClN5O2S/c1-3-22-15(11-6-8-24-10(11)2)20-21-16(22)25-9-13(23)19-12-5-4-7-18-14(12)17/h4-8H,3,9H2,1-2H3,(H,19,23). The van der Waals surface area contributed by atoms with E-state index < -0.39 is 0 Å². The largest absolute Gasteiger partial charge is 0.469 e. The minimum absolute atomic E-state index is 0.188. The van der Waals surface area contributed by atoms with Gasteiger partial charge in [-0.3, -0.25) is 4.79 Å². The zero-order valence-electron chi connectivity index (χ0n) is 13.7. The molecule has 9 heteroatoms. The normalized spacial score (nSPS) is 10.8. The highest BCUT2D eigenvalue weighted by atomic mass is 35.5. The molecule has 0 spiro atoms. The first-order chi connectivity index (χ1) is 12.1. The fourth-order valence-corrected chi connectivity index (χ4v) is 3.26. The lowest BCUT2D eigenvalue weighted by Crippen LogP contribution is -2.15. The summed E-state index contributed by atoms with van der Waals surface area (Å²) in [6.07, 6.45) is 3.19. The van der Waals surface area contributed by atoms with Crippen molar-refractivity contribution in [3.63, 3.8) is 0 Å². The molecule has 1 N–H and O–H groups in total. The number of aryl methyl sites for hydroxylation is 1. The van der Waals surface area contributed by atoms with E-state index in [0.717, 1.165) is 17.1 Å². The molecule has 3 rings (SSSR count). The van der Waals surface area contributed by atoms with Gasteiger partial charge in [0.25, 0.3) is 0 Å². The predicted molar refractivity (Wildman–Crippen MR) is 96.7 cm³/mol. The third-order valence-electron chi connectivity index (χ3n) is 3.50. The maximum atomic E-state index is 12.1. The Morgan fingerprint density at radius 1 is 1.40 bits per heavy atom. The van der Waals surface area contributed by atoms with E-state index in [0.29, 0.717) is 17.4 Å². The molecule has 0 unspecified atom stereocenters. The first-order valence-corrected chi connectivity index (χ1v) is 8.97. The van der Waals surface area contributed by atoms with Crippen LogP contribution in [-0.2, 0) is 11.3 Å². The van der Waals surface area contributed by atoms with Crippen molar-refractivity contribution in [2.45, 2.75) is 25.5 Å². The van der Waals surface area contributed by atoms with Crippen molar-refractivity contribution in [2.75, 3.05) is 11.1 Å². The summed E-state index contributed by atoms with van der Waals surface area (Å²) in [5.74, 6) is 1.51. The summed E-state index contributed by atoms with van der Waals surface area (Å²) in [5, 5.41) is 12.1. The number of carbonyl (C=O) groups is 1. The van der Waals surface area contributed by atoms with Gasteiger partial charge in [-0.1, -0.05) is 23.4 Å². The number of thioether (sulfide) groups is 1. The van der Waals surface area contributed by atoms with Gasteiger partial charge in [0, 0.05) is 12.7 Å². The molecule has 0 aliphatic rings. The van der Waals surface area contributed by atoms with Gasteiger partial charge in [-0.05, 0) is 32.0 Å². The average molecular weight is 378 g/mol. The van der Waals surface area contributed by atoms with Crippen molar-refractivity contribution in [3.8, 4) is 11.4 Å². The molecule has 130 valence electrons. The molecule has 0 saturated heterocycles. The Balaban J connectivity index is 1.69. The van der Waals surface area contributed by atoms with Crippen LogP contribution in [0.1, 0.15) is 12.7 Å². The SMILES string of the molecule is CCn1c(SCC(=O)Nc2cccnc2Cl)nnc1-c1ccoc1C. The summed E-state index contributed by atoms with van der Waals surface area (Å²) >= 11 is 7.25. The van der Waals surface area contributed by atoms with E-state index in [-0.39, 0.29) is 16.8 Å². The molecule has 0 bridgehead atoms. The van der Waals surface area contributed by atoms with Crippen molar-refractivity contribution in [2.24, 2.45) is 0 Å². The molecular weight excluding hydrogens is 362 g/mol. The van der Waals surface area contributed by atoms with E-state index in [1.165, 1.54) is 11.8 Å². The van der Waals surface area contributed by atoms with Crippen molar-refractivity contribution in [3.05, 3.63) is 41.6 Å². The molecule has 3 aromatic heterocycles. The van der Waals surface area contributed by atoms with Crippen LogP contribution in [0.15, 0.2) is 40.2 Å². The zero-order chi connectivity index (χ0) is 17.8. The maximum Gasteiger partial charge on any atom is 0.234 e. The van der Waals surface area contributed by atoms with E-state index in [2.05, 4.69) is 20.5 Å². The number of halogens is 1.